The van der Waals surface area contributed by atoms with Crippen LogP contribution in [0.15, 0.2) is 48.5 Å². The molecule has 2 rings (SSSR count). The third-order valence-corrected chi connectivity index (χ3v) is 3.44. The van der Waals surface area contributed by atoms with Crippen LogP contribution in [0.4, 0.5) is 5.69 Å². The van der Waals surface area contributed by atoms with Crippen molar-refractivity contribution in [2.75, 3.05) is 26.1 Å². The number of carbonyl (C=O) groups excluding carboxylic acids is 2. The third kappa shape index (κ3) is 5.90. The number of nitrogens with zero attached hydrogens (tertiary/aromatic N) is 1. The van der Waals surface area contributed by atoms with Crippen LogP contribution in [0.3, 0.4) is 0 Å². The number of carbonyl (C=O) groups is 2. The van der Waals surface area contributed by atoms with E-state index in [0.29, 0.717) is 28.3 Å². The summed E-state index contributed by atoms with van der Waals surface area (Å²) in [6.07, 6.45) is 2.75. The largest absolute Gasteiger partial charge is 0.493 e. The highest BCUT2D eigenvalue weighted by atomic mass is 16.5. The zero-order valence-electron chi connectivity index (χ0n) is 14.9. The number of ether oxygens (including phenoxy) is 3. The van der Waals surface area contributed by atoms with E-state index in [9.17, 15) is 9.59 Å². The first kappa shape index (κ1) is 19.5. The van der Waals surface area contributed by atoms with E-state index < -0.39 is 18.5 Å². The van der Waals surface area contributed by atoms with E-state index in [2.05, 4.69) is 5.32 Å². The minimum absolute atomic E-state index is 0.419. The number of rotatable bonds is 7. The number of benzene rings is 2. The Labute approximate surface area is 156 Å². The Morgan fingerprint density at radius 2 is 1.89 bits per heavy atom. The Kier molecular flexibility index (Phi) is 6.97. The van der Waals surface area contributed by atoms with Gasteiger partial charge in [0.2, 0.25) is 0 Å². The van der Waals surface area contributed by atoms with Gasteiger partial charge < -0.3 is 19.5 Å². The predicted octanol–water partition coefficient (Wildman–Crippen LogP) is 2.77. The van der Waals surface area contributed by atoms with Gasteiger partial charge in [0.15, 0.2) is 18.1 Å². The number of amides is 1. The number of nitriles is 1. The smallest absolute Gasteiger partial charge is 0.331 e. The molecule has 0 atom stereocenters. The molecule has 0 unspecified atom stereocenters. The number of anilines is 1. The lowest BCUT2D eigenvalue weighted by Crippen LogP contribution is -2.20. The molecule has 1 amide bonds. The summed E-state index contributed by atoms with van der Waals surface area (Å²) in [6, 6.07) is 13.6. The summed E-state index contributed by atoms with van der Waals surface area (Å²) in [5, 5.41) is 11.4. The standard InChI is InChI=1S/C20H18N2O5/c1-25-17-8-6-14(11-18(17)26-2)7-9-20(24)27-13-19(23)22-16-5-3-4-15(10-16)12-21/h3-11H,13H2,1-2H3,(H,22,23)/b9-7+. The quantitative estimate of drug-likeness (QED) is 0.598. The summed E-state index contributed by atoms with van der Waals surface area (Å²) in [7, 11) is 3.05. The monoisotopic (exact) mass is 366 g/mol. The average molecular weight is 366 g/mol. The molecular weight excluding hydrogens is 348 g/mol. The van der Waals surface area contributed by atoms with Gasteiger partial charge in [-0.05, 0) is 42.0 Å². The Morgan fingerprint density at radius 1 is 1.11 bits per heavy atom. The molecule has 27 heavy (non-hydrogen) atoms. The Hall–Kier alpha value is -3.79. The first-order chi connectivity index (χ1) is 13.0. The molecule has 0 fully saturated rings. The first-order valence-electron chi connectivity index (χ1n) is 7.92. The molecule has 0 spiro atoms. The van der Waals surface area contributed by atoms with Crippen LogP contribution in [0.1, 0.15) is 11.1 Å². The van der Waals surface area contributed by atoms with Crippen LogP contribution in [-0.2, 0) is 14.3 Å². The Balaban J connectivity index is 1.87. The SMILES string of the molecule is COc1ccc(/C=C/C(=O)OCC(=O)Nc2cccc(C#N)c2)cc1OC. The van der Waals surface area contributed by atoms with Crippen molar-refractivity contribution >= 4 is 23.6 Å². The fourth-order valence-corrected chi connectivity index (χ4v) is 2.17. The molecule has 0 heterocycles. The lowest BCUT2D eigenvalue weighted by atomic mass is 10.2. The molecule has 0 saturated heterocycles. The second kappa shape index (κ2) is 9.63. The average Bonchev–Trinajstić information content (AvgIpc) is 2.70. The molecule has 138 valence electrons. The van der Waals surface area contributed by atoms with Gasteiger partial charge in [-0.15, -0.1) is 0 Å². The summed E-state index contributed by atoms with van der Waals surface area (Å²) < 4.78 is 15.2. The van der Waals surface area contributed by atoms with Crippen LogP contribution in [-0.4, -0.2) is 32.7 Å². The van der Waals surface area contributed by atoms with Gasteiger partial charge in [0.05, 0.1) is 25.9 Å². The fourth-order valence-electron chi connectivity index (χ4n) is 2.17. The zero-order valence-corrected chi connectivity index (χ0v) is 14.9. The molecule has 0 saturated carbocycles. The third-order valence-electron chi connectivity index (χ3n) is 3.44. The zero-order chi connectivity index (χ0) is 19.6. The molecule has 0 aliphatic rings. The number of esters is 1. The molecule has 7 nitrogen and oxygen atoms in total. The van der Waals surface area contributed by atoms with E-state index in [1.807, 2.05) is 6.07 Å². The van der Waals surface area contributed by atoms with Crippen molar-refractivity contribution in [1.29, 1.82) is 5.26 Å². The maximum absolute atomic E-state index is 11.8. The van der Waals surface area contributed by atoms with Crippen molar-refractivity contribution in [2.24, 2.45) is 0 Å². The summed E-state index contributed by atoms with van der Waals surface area (Å²) in [4.78, 5) is 23.6. The van der Waals surface area contributed by atoms with Crippen molar-refractivity contribution in [3.8, 4) is 17.6 Å². The molecule has 0 aromatic heterocycles. The van der Waals surface area contributed by atoms with Crippen molar-refractivity contribution in [3.63, 3.8) is 0 Å². The van der Waals surface area contributed by atoms with Crippen LogP contribution >= 0.6 is 0 Å². The van der Waals surface area contributed by atoms with E-state index in [1.165, 1.54) is 26.4 Å². The maximum atomic E-state index is 11.8. The van der Waals surface area contributed by atoms with Gasteiger partial charge in [-0.25, -0.2) is 4.79 Å². The molecule has 0 aliphatic carbocycles. The molecule has 2 aromatic rings. The molecule has 2 aromatic carbocycles. The van der Waals surface area contributed by atoms with E-state index >= 15 is 0 Å². The van der Waals surface area contributed by atoms with Gasteiger partial charge >= 0.3 is 5.97 Å². The van der Waals surface area contributed by atoms with Crippen molar-refractivity contribution in [2.45, 2.75) is 0 Å². The summed E-state index contributed by atoms with van der Waals surface area (Å²) in [6.45, 7) is -0.439. The predicted molar refractivity (Wildman–Crippen MR) is 99.3 cm³/mol. The number of hydrogen-bond donors (Lipinski definition) is 1. The van der Waals surface area contributed by atoms with Crippen LogP contribution < -0.4 is 14.8 Å². The molecular formula is C20H18N2O5. The second-order valence-electron chi connectivity index (χ2n) is 5.30. The van der Waals surface area contributed by atoms with E-state index in [4.69, 9.17) is 19.5 Å². The number of methoxy groups -OCH3 is 2. The Morgan fingerprint density at radius 3 is 2.59 bits per heavy atom. The van der Waals surface area contributed by atoms with E-state index in [0.717, 1.165) is 0 Å². The van der Waals surface area contributed by atoms with Crippen molar-refractivity contribution in [3.05, 3.63) is 59.7 Å². The van der Waals surface area contributed by atoms with Gasteiger partial charge in [-0.3, -0.25) is 4.79 Å². The Bertz CT molecular complexity index is 899. The highest BCUT2D eigenvalue weighted by Crippen LogP contribution is 2.27. The summed E-state index contributed by atoms with van der Waals surface area (Å²) >= 11 is 0. The highest BCUT2D eigenvalue weighted by Gasteiger charge is 2.07. The highest BCUT2D eigenvalue weighted by molar-refractivity contribution is 5.94. The van der Waals surface area contributed by atoms with E-state index in [-0.39, 0.29) is 0 Å². The maximum Gasteiger partial charge on any atom is 0.331 e. The minimum atomic E-state index is -0.661. The first-order valence-corrected chi connectivity index (χ1v) is 7.92. The number of hydrogen-bond acceptors (Lipinski definition) is 6. The van der Waals surface area contributed by atoms with Crippen molar-refractivity contribution in [1.82, 2.24) is 0 Å². The lowest BCUT2D eigenvalue weighted by molar-refractivity contribution is -0.142. The van der Waals surface area contributed by atoms with Gasteiger partial charge in [0.25, 0.3) is 5.91 Å². The molecule has 7 heteroatoms. The van der Waals surface area contributed by atoms with Crippen LogP contribution in [0.25, 0.3) is 6.08 Å². The molecule has 0 bridgehead atoms. The van der Waals surface area contributed by atoms with Crippen LogP contribution in [0, 0.1) is 11.3 Å². The van der Waals surface area contributed by atoms with Crippen molar-refractivity contribution < 1.29 is 23.8 Å². The van der Waals surface area contributed by atoms with Crippen LogP contribution in [0.5, 0.6) is 11.5 Å². The lowest BCUT2D eigenvalue weighted by Gasteiger charge is -2.07. The van der Waals surface area contributed by atoms with Gasteiger partial charge in [0.1, 0.15) is 0 Å². The topological polar surface area (TPSA) is 97.6 Å². The fraction of sp³-hybridized carbons (Fsp3) is 0.150. The normalized spacial score (nSPS) is 10.1. The van der Waals surface area contributed by atoms with Crippen LogP contribution in [0.2, 0.25) is 0 Å². The molecule has 1 N–H and O–H groups in total. The molecule has 0 aliphatic heterocycles. The molecule has 0 radical (unpaired) electrons. The van der Waals surface area contributed by atoms with Gasteiger partial charge in [0, 0.05) is 11.8 Å². The second-order valence-corrected chi connectivity index (χ2v) is 5.30. The van der Waals surface area contributed by atoms with Gasteiger partial charge in [-0.1, -0.05) is 12.1 Å². The number of nitrogens with one attached hydrogen (secondary N) is 1. The van der Waals surface area contributed by atoms with Gasteiger partial charge in [-0.2, -0.15) is 5.26 Å². The summed E-state index contributed by atoms with van der Waals surface area (Å²) in [5.41, 5.74) is 1.58. The minimum Gasteiger partial charge on any atom is -0.493 e. The van der Waals surface area contributed by atoms with E-state index in [1.54, 1.807) is 42.5 Å². The summed E-state index contributed by atoms with van der Waals surface area (Å²) in [5.74, 6) is -0.0509.